The highest BCUT2D eigenvalue weighted by Gasteiger charge is 2.42. The van der Waals surface area contributed by atoms with Crippen LogP contribution in [0.4, 0.5) is 10.1 Å². The molecule has 228 valence electrons. The Balaban J connectivity index is 0.00000231. The first-order valence-electron chi connectivity index (χ1n) is 13.9. The number of halogens is 3. The number of nitrogens with two attached hydrogens (primary N) is 1. The molecule has 41 heavy (non-hydrogen) atoms. The van der Waals surface area contributed by atoms with E-state index in [2.05, 4.69) is 29.0 Å². The number of nitrogens with one attached hydrogen (secondary N) is 1. The molecular formula is C29H43Cl2FN6O3. The average Bonchev–Trinajstić information content (AvgIpc) is 3.16. The summed E-state index contributed by atoms with van der Waals surface area (Å²) in [5, 5.41) is 3.58. The zero-order chi connectivity index (χ0) is 27.9. The maximum absolute atomic E-state index is 13.9. The molecule has 0 radical (unpaired) electrons. The molecule has 3 aliphatic heterocycles. The van der Waals surface area contributed by atoms with Gasteiger partial charge in [-0.1, -0.05) is 26.0 Å². The first kappa shape index (κ1) is 33.3. The summed E-state index contributed by atoms with van der Waals surface area (Å²) in [4.78, 5) is 33.7. The van der Waals surface area contributed by atoms with Crippen LogP contribution < -0.4 is 21.6 Å². The average molecular weight is 614 g/mol. The van der Waals surface area contributed by atoms with Gasteiger partial charge < -0.3 is 20.8 Å². The summed E-state index contributed by atoms with van der Waals surface area (Å²) in [5.41, 5.74) is 1.86. The number of piperazine rings is 1. The number of amides is 1. The van der Waals surface area contributed by atoms with Crippen LogP contribution in [0.25, 0.3) is 0 Å². The van der Waals surface area contributed by atoms with Crippen LogP contribution >= 0.6 is 24.8 Å². The minimum absolute atomic E-state index is 0. The Bertz CT molecular complexity index is 1270. The second-order valence-electron chi connectivity index (χ2n) is 12.1. The molecule has 0 saturated carbocycles. The molecular weight excluding hydrogens is 570 g/mol. The van der Waals surface area contributed by atoms with E-state index in [0.29, 0.717) is 42.5 Å². The lowest BCUT2D eigenvalue weighted by atomic mass is 9.90. The number of morpholine rings is 1. The summed E-state index contributed by atoms with van der Waals surface area (Å²) in [7, 11) is 0. The molecule has 0 unspecified atom stereocenters. The summed E-state index contributed by atoms with van der Waals surface area (Å²) < 4.78 is 20.2. The van der Waals surface area contributed by atoms with Gasteiger partial charge in [-0.15, -0.1) is 24.8 Å². The molecule has 3 aliphatic rings. The molecule has 3 N–H and O–H groups in total. The van der Waals surface area contributed by atoms with Gasteiger partial charge in [0.05, 0.1) is 31.1 Å². The first-order valence-corrected chi connectivity index (χ1v) is 13.9. The molecule has 1 aromatic heterocycles. The van der Waals surface area contributed by atoms with E-state index in [9.17, 15) is 14.0 Å². The minimum Gasteiger partial charge on any atom is -0.379 e. The van der Waals surface area contributed by atoms with E-state index in [1.54, 1.807) is 17.0 Å². The fourth-order valence-corrected chi connectivity index (χ4v) is 6.25. The van der Waals surface area contributed by atoms with Gasteiger partial charge >= 0.3 is 0 Å². The molecule has 2 fully saturated rings. The molecule has 0 bridgehead atoms. The highest BCUT2D eigenvalue weighted by Crippen LogP contribution is 2.40. The number of hydrogen-bond donors (Lipinski definition) is 2. The zero-order valence-corrected chi connectivity index (χ0v) is 25.9. The summed E-state index contributed by atoms with van der Waals surface area (Å²) in [6, 6.07) is 8.74. The number of fused-ring (bicyclic) bond motifs is 1. The van der Waals surface area contributed by atoms with E-state index >= 15 is 0 Å². The maximum Gasteiger partial charge on any atom is 0.272 e. The van der Waals surface area contributed by atoms with E-state index in [4.69, 9.17) is 10.6 Å². The van der Waals surface area contributed by atoms with Gasteiger partial charge in [0.15, 0.2) is 0 Å². The first-order chi connectivity index (χ1) is 18.5. The van der Waals surface area contributed by atoms with Crippen LogP contribution in [0.2, 0.25) is 0 Å². The topological polar surface area (TPSA) is 96.1 Å². The van der Waals surface area contributed by atoms with Crippen LogP contribution in [0.1, 0.15) is 44.5 Å². The molecule has 2 aromatic rings. The monoisotopic (exact) mass is 612 g/mol. The SMILES string of the molecule is C[C@@H]1CN(CC(=O)N2CC(C)(C)c3c2cc(Cc2ccc(F)cc2)c(=O)n3N)[C@@H](CN2CCOC[C@H]2C)CN1.Cl.Cl. The fourth-order valence-electron chi connectivity index (χ4n) is 6.25. The summed E-state index contributed by atoms with van der Waals surface area (Å²) in [6.45, 7) is 14.0. The Kier molecular flexibility index (Phi) is 10.9. The number of pyridine rings is 1. The number of nitrogens with zero attached hydrogens (tertiary/aromatic N) is 4. The Hall–Kier alpha value is -2.21. The standard InChI is InChI=1S/C29H41FN6O3.2ClH/c1-19-14-34(24(13-32-19)15-33-9-10-39-17-20(33)2)16-26(37)35-18-29(3,4)27-25(35)12-22(28(38)36(27)31)11-21-5-7-23(30)8-6-21;;/h5-8,12,19-20,24,32H,9-11,13-18,31H2,1-4H3;2*1H/t19-,20-,24-;;/m1../s1. The third-order valence-electron chi connectivity index (χ3n) is 8.40. The molecule has 0 aliphatic carbocycles. The zero-order valence-electron chi connectivity index (χ0n) is 24.3. The third kappa shape index (κ3) is 7.06. The molecule has 5 rings (SSSR count). The van der Waals surface area contributed by atoms with Crippen molar-refractivity contribution in [2.24, 2.45) is 0 Å². The van der Waals surface area contributed by atoms with E-state index < -0.39 is 5.41 Å². The lowest BCUT2D eigenvalue weighted by Crippen LogP contribution is -2.62. The lowest BCUT2D eigenvalue weighted by molar-refractivity contribution is -0.121. The van der Waals surface area contributed by atoms with Crippen molar-refractivity contribution in [2.75, 3.05) is 63.2 Å². The molecule has 4 heterocycles. The maximum atomic E-state index is 13.9. The number of aromatic nitrogens is 1. The van der Waals surface area contributed by atoms with Crippen LogP contribution in [0.5, 0.6) is 0 Å². The van der Waals surface area contributed by atoms with Crippen LogP contribution in [0, 0.1) is 5.82 Å². The lowest BCUT2D eigenvalue weighted by Gasteiger charge is -2.43. The van der Waals surface area contributed by atoms with Crippen LogP contribution in [-0.2, 0) is 21.4 Å². The van der Waals surface area contributed by atoms with Gasteiger partial charge in [0.2, 0.25) is 5.91 Å². The third-order valence-corrected chi connectivity index (χ3v) is 8.40. The summed E-state index contributed by atoms with van der Waals surface area (Å²) >= 11 is 0. The molecule has 0 spiro atoms. The van der Waals surface area contributed by atoms with Crippen molar-refractivity contribution < 1.29 is 13.9 Å². The number of hydrogen-bond acceptors (Lipinski definition) is 7. The Morgan fingerprint density at radius 2 is 1.88 bits per heavy atom. The van der Waals surface area contributed by atoms with Gasteiger partial charge in [-0.3, -0.25) is 19.4 Å². The van der Waals surface area contributed by atoms with E-state index in [0.717, 1.165) is 45.0 Å². The number of nitrogen functional groups attached to an aromatic ring is 1. The van der Waals surface area contributed by atoms with Crippen LogP contribution in [-0.4, -0.2) is 91.0 Å². The van der Waals surface area contributed by atoms with Crippen LogP contribution in [0.3, 0.4) is 0 Å². The second-order valence-corrected chi connectivity index (χ2v) is 12.1. The number of carbonyl (C=O) groups is 1. The molecule has 1 amide bonds. The highest BCUT2D eigenvalue weighted by molar-refractivity contribution is 5.97. The van der Waals surface area contributed by atoms with Gasteiger partial charge in [0, 0.05) is 68.2 Å². The second kappa shape index (κ2) is 13.4. The predicted octanol–water partition coefficient (Wildman–Crippen LogP) is 2.14. The minimum atomic E-state index is -0.479. The smallest absolute Gasteiger partial charge is 0.272 e. The normalized spacial score (nSPS) is 24.3. The van der Waals surface area contributed by atoms with E-state index in [-0.39, 0.29) is 54.2 Å². The molecule has 9 nitrogen and oxygen atoms in total. The van der Waals surface area contributed by atoms with Gasteiger partial charge in [-0.2, -0.15) is 0 Å². The Morgan fingerprint density at radius 3 is 2.56 bits per heavy atom. The molecule has 1 aromatic carbocycles. The van der Waals surface area contributed by atoms with Crippen molar-refractivity contribution in [3.63, 3.8) is 0 Å². The van der Waals surface area contributed by atoms with Crippen molar-refractivity contribution in [2.45, 2.75) is 57.7 Å². The van der Waals surface area contributed by atoms with Gasteiger partial charge in [0.25, 0.3) is 5.56 Å². The van der Waals surface area contributed by atoms with E-state index in [1.165, 1.54) is 16.8 Å². The predicted molar refractivity (Wildman–Crippen MR) is 165 cm³/mol. The largest absolute Gasteiger partial charge is 0.379 e. The van der Waals surface area contributed by atoms with Crippen molar-refractivity contribution in [1.29, 1.82) is 0 Å². The summed E-state index contributed by atoms with van der Waals surface area (Å²) in [5.74, 6) is 6.04. The quantitative estimate of drug-likeness (QED) is 0.483. The van der Waals surface area contributed by atoms with Crippen molar-refractivity contribution >= 4 is 36.4 Å². The van der Waals surface area contributed by atoms with Crippen molar-refractivity contribution in [1.82, 2.24) is 19.8 Å². The molecule has 2 saturated heterocycles. The highest BCUT2D eigenvalue weighted by atomic mass is 35.5. The van der Waals surface area contributed by atoms with Gasteiger partial charge in [-0.25, -0.2) is 9.07 Å². The number of carbonyl (C=O) groups excluding carboxylic acids is 1. The van der Waals surface area contributed by atoms with E-state index in [1.807, 2.05) is 19.9 Å². The van der Waals surface area contributed by atoms with Gasteiger partial charge in [-0.05, 0) is 37.6 Å². The molecule has 3 atom stereocenters. The number of anilines is 1. The Labute approximate surface area is 254 Å². The summed E-state index contributed by atoms with van der Waals surface area (Å²) in [6.07, 6.45) is 0.307. The number of benzene rings is 1. The van der Waals surface area contributed by atoms with Crippen LogP contribution in [0.15, 0.2) is 35.1 Å². The fraction of sp³-hybridized carbons (Fsp3) is 0.586. The van der Waals surface area contributed by atoms with Crippen molar-refractivity contribution in [3.8, 4) is 0 Å². The number of ether oxygens (including phenoxy) is 1. The van der Waals surface area contributed by atoms with Gasteiger partial charge in [0.1, 0.15) is 5.82 Å². The number of rotatable bonds is 6. The Morgan fingerprint density at radius 1 is 1.17 bits per heavy atom. The van der Waals surface area contributed by atoms with Crippen molar-refractivity contribution in [3.05, 3.63) is 63.3 Å². The molecule has 12 heteroatoms.